The van der Waals surface area contributed by atoms with Gasteiger partial charge in [-0.05, 0) is 73.2 Å². The van der Waals surface area contributed by atoms with Gasteiger partial charge in [-0.2, -0.15) is 0 Å². The third kappa shape index (κ3) is 9.63. The summed E-state index contributed by atoms with van der Waals surface area (Å²) in [5.41, 5.74) is 3.64. The Morgan fingerprint density at radius 1 is 0.913 bits per heavy atom. The first-order valence-electron chi connectivity index (χ1n) is 22.9. The molecule has 1 aliphatic carbocycles. The largest absolute Gasteiger partial charge is 0.495 e. The van der Waals surface area contributed by atoms with Crippen molar-refractivity contribution in [2.24, 2.45) is 13.0 Å². The van der Waals surface area contributed by atoms with Gasteiger partial charge in [0.1, 0.15) is 17.9 Å². The Balaban J connectivity index is 1.08. The van der Waals surface area contributed by atoms with Crippen LogP contribution in [-0.2, 0) is 26.9 Å². The molecule has 18 nitrogen and oxygen atoms in total. The van der Waals surface area contributed by atoms with E-state index in [1.807, 2.05) is 72.9 Å². The van der Waals surface area contributed by atoms with E-state index in [1.54, 1.807) is 30.9 Å². The summed E-state index contributed by atoms with van der Waals surface area (Å²) in [6.07, 6.45) is 4.86. The van der Waals surface area contributed by atoms with E-state index < -0.39 is 23.8 Å². The first kappa shape index (κ1) is 46.2. The summed E-state index contributed by atoms with van der Waals surface area (Å²) >= 11 is 0. The summed E-state index contributed by atoms with van der Waals surface area (Å²) in [6, 6.07) is 22.3. The smallest absolute Gasteiger partial charge is 0.409 e. The van der Waals surface area contributed by atoms with E-state index in [0.717, 1.165) is 39.8 Å². The van der Waals surface area contributed by atoms with Crippen LogP contribution in [0.4, 0.5) is 26.0 Å². The molecule has 9 rings (SSSR count). The molecule has 1 unspecified atom stereocenters. The molecule has 2 aliphatic heterocycles. The van der Waals surface area contributed by atoms with Crippen LogP contribution in [0.2, 0.25) is 0 Å². The monoisotopic (exact) mass is 935 g/mol. The molecule has 3 aromatic heterocycles. The second-order valence-corrected chi connectivity index (χ2v) is 17.7. The van der Waals surface area contributed by atoms with E-state index in [1.165, 1.54) is 24.0 Å². The number of carbonyl (C=O) groups is 4. The Morgan fingerprint density at radius 3 is 2.41 bits per heavy atom. The lowest BCUT2D eigenvalue weighted by Crippen LogP contribution is -2.49. The molecule has 1 saturated carbocycles. The minimum Gasteiger partial charge on any atom is -0.495 e. The van der Waals surface area contributed by atoms with Gasteiger partial charge in [0.25, 0.3) is 5.56 Å². The molecule has 6 aromatic rings. The molecule has 3 aromatic carbocycles. The number of piperidine rings is 1. The summed E-state index contributed by atoms with van der Waals surface area (Å²) in [5, 5.41) is 13.2. The van der Waals surface area contributed by atoms with Gasteiger partial charge in [0, 0.05) is 100 Å². The molecule has 18 heteroatoms. The average molecular weight is 936 g/mol. The number of carbonyl (C=O) groups excluding carboxylic acids is 3. The number of aromatic amines is 1. The minimum absolute atomic E-state index is 0.0468. The van der Waals surface area contributed by atoms with Gasteiger partial charge < -0.3 is 43.6 Å². The summed E-state index contributed by atoms with van der Waals surface area (Å²) < 4.78 is 20.4. The number of rotatable bonds is 13. The number of fused-ring (bicyclic) bond motifs is 2. The zero-order chi connectivity index (χ0) is 48.4. The number of amides is 5. The van der Waals surface area contributed by atoms with Gasteiger partial charge in [0.2, 0.25) is 11.9 Å². The second kappa shape index (κ2) is 19.4. The minimum atomic E-state index is -1.43. The number of imide groups is 1. The lowest BCUT2D eigenvalue weighted by molar-refractivity contribution is -0.120. The van der Waals surface area contributed by atoms with Gasteiger partial charge in [-0.25, -0.2) is 24.4 Å². The summed E-state index contributed by atoms with van der Waals surface area (Å²) in [5.74, 6) is 7.46. The van der Waals surface area contributed by atoms with Crippen molar-refractivity contribution in [2.45, 2.75) is 43.8 Å². The lowest BCUT2D eigenvalue weighted by atomic mass is 9.87. The Morgan fingerprint density at radius 2 is 1.68 bits per heavy atom. The highest BCUT2D eigenvalue weighted by Crippen LogP contribution is 2.44. The van der Waals surface area contributed by atoms with Crippen LogP contribution in [0.25, 0.3) is 32.9 Å². The number of likely N-dealkylation sites (N-methyl/N-ethyl adjacent to an activating group) is 2. The van der Waals surface area contributed by atoms with E-state index in [2.05, 4.69) is 27.0 Å². The summed E-state index contributed by atoms with van der Waals surface area (Å²) in [7, 11) is 6.25. The predicted molar refractivity (Wildman–Crippen MR) is 258 cm³/mol. The number of aromatic nitrogens is 4. The van der Waals surface area contributed by atoms with Gasteiger partial charge in [-0.1, -0.05) is 48.2 Å². The van der Waals surface area contributed by atoms with Crippen LogP contribution in [0.5, 0.6) is 5.75 Å². The van der Waals surface area contributed by atoms with Crippen molar-refractivity contribution in [3.63, 3.8) is 0 Å². The molecule has 0 radical (unpaired) electrons. The van der Waals surface area contributed by atoms with E-state index in [4.69, 9.17) is 24.2 Å². The molecule has 5 amide bonds. The van der Waals surface area contributed by atoms with E-state index >= 15 is 0 Å². The number of anilines is 2. The number of hydrogen-bond donors (Lipinski definition) is 3. The van der Waals surface area contributed by atoms with Crippen molar-refractivity contribution in [3.05, 3.63) is 112 Å². The van der Waals surface area contributed by atoms with Crippen molar-refractivity contribution in [3.8, 4) is 28.7 Å². The van der Waals surface area contributed by atoms with E-state index in [-0.39, 0.29) is 56.2 Å². The number of nitrogens with one attached hydrogen (secondary N) is 2. The molecule has 0 bridgehead atoms. The quantitative estimate of drug-likeness (QED) is 0.109. The number of urea groups is 1. The van der Waals surface area contributed by atoms with E-state index in [0.29, 0.717) is 71.0 Å². The van der Waals surface area contributed by atoms with Gasteiger partial charge >= 0.3 is 18.2 Å². The number of aryl methyl sites for hydroxylation is 1. The number of ether oxygens (including phenoxy) is 3. The molecule has 69 heavy (non-hydrogen) atoms. The Kier molecular flexibility index (Phi) is 13.0. The fourth-order valence-corrected chi connectivity index (χ4v) is 8.80. The Hall–Kier alpha value is -7.91. The lowest BCUT2D eigenvalue weighted by Gasteiger charge is -2.36. The molecule has 3 N–H and O–H groups in total. The molecule has 2 saturated heterocycles. The van der Waals surface area contributed by atoms with Crippen LogP contribution in [0.1, 0.15) is 48.9 Å². The van der Waals surface area contributed by atoms with Crippen molar-refractivity contribution in [1.82, 2.24) is 34.6 Å². The number of hydrogen-bond acceptors (Lipinski definition) is 11. The van der Waals surface area contributed by atoms with Gasteiger partial charge in [-0.3, -0.25) is 19.8 Å². The molecule has 356 valence electrons. The maximum absolute atomic E-state index is 13.8. The van der Waals surface area contributed by atoms with Gasteiger partial charge in [-0.15, -0.1) is 0 Å². The van der Waals surface area contributed by atoms with Gasteiger partial charge in [0.05, 0.1) is 30.1 Å². The number of methoxy groups -OCH3 is 1. The van der Waals surface area contributed by atoms with Crippen LogP contribution in [0.3, 0.4) is 0 Å². The summed E-state index contributed by atoms with van der Waals surface area (Å²) in [4.78, 5) is 82.7. The first-order chi connectivity index (χ1) is 33.3. The zero-order valence-corrected chi connectivity index (χ0v) is 38.9. The molecule has 0 spiro atoms. The Labute approximate surface area is 397 Å². The number of benzene rings is 3. The van der Waals surface area contributed by atoms with Crippen LogP contribution in [0, 0.1) is 17.8 Å². The third-order valence-corrected chi connectivity index (χ3v) is 12.9. The van der Waals surface area contributed by atoms with E-state index in [9.17, 15) is 29.1 Å². The molecule has 3 fully saturated rings. The highest BCUT2D eigenvalue weighted by molar-refractivity contribution is 6.06. The predicted octanol–water partition coefficient (Wildman–Crippen LogP) is 6.30. The molecule has 3 aliphatic rings. The van der Waals surface area contributed by atoms with Crippen LogP contribution in [0.15, 0.2) is 90.0 Å². The van der Waals surface area contributed by atoms with Gasteiger partial charge in [0.15, 0.2) is 5.60 Å². The number of pyridine rings is 1. The van der Waals surface area contributed by atoms with Crippen LogP contribution < -0.4 is 25.4 Å². The molecular weight excluding hydrogens is 883 g/mol. The number of carboxylic acid groups (broad SMARTS) is 1. The molecular formula is C51H53N9O9. The SMILES string of the molecule is COc1ccc(C#CC2CCN(c3nc(C(COC(=O)N(C)CCN(C)C(=O)O)(OC4CC4)c4ccccc4)c4cc(-c5cn(C)c(=O)c6[nH]ccc56)ccc4n3)CC2)cc1N1CCC(=O)NC1=O. The fraction of sp³-hybridized carbons (Fsp3) is 0.353. The van der Waals surface area contributed by atoms with Crippen molar-refractivity contribution < 1.29 is 38.5 Å². The Bertz CT molecular complexity index is 3080. The maximum Gasteiger partial charge on any atom is 0.409 e. The molecule has 5 heterocycles. The maximum atomic E-state index is 13.8. The second-order valence-electron chi connectivity index (χ2n) is 17.7. The van der Waals surface area contributed by atoms with Crippen molar-refractivity contribution in [2.75, 3.05) is 70.3 Å². The van der Waals surface area contributed by atoms with Crippen molar-refractivity contribution >= 4 is 57.6 Å². The normalized spacial score (nSPS) is 16.1. The number of H-pyrrole nitrogens is 1. The first-order valence-corrected chi connectivity index (χ1v) is 22.9. The zero-order valence-electron chi connectivity index (χ0n) is 38.9. The average Bonchev–Trinajstić information content (AvgIpc) is 4.04. The molecule has 1 atom stereocenters. The standard InChI is InChI=1S/C51H53N9O9/c1-56(49(64)65)26-27-57(2)50(66)68-31-51(69-36-14-15-36,35-8-6-5-7-9-35)45-38-29-34(39-30-58(3)46(62)44-37(39)18-22-52-44)13-16-40(38)53-47(55-45)59-23-19-32(20-24-59)10-11-33-12-17-42(67-4)41(28-33)60-25-21-43(61)54-48(60)63/h5-9,12-13,16-18,22,28-30,32,36,52H,14-15,19-21,23-27,31H2,1-4H3,(H,64,65)(H,54,61,63). The van der Waals surface area contributed by atoms with Crippen LogP contribution >= 0.6 is 0 Å². The van der Waals surface area contributed by atoms with Crippen LogP contribution in [-0.4, -0.2) is 125 Å². The third-order valence-electron chi connectivity index (χ3n) is 12.9. The highest BCUT2D eigenvalue weighted by Gasteiger charge is 2.46. The number of nitrogens with zero attached hydrogens (tertiary/aromatic N) is 7. The van der Waals surface area contributed by atoms with Crippen molar-refractivity contribution in [1.29, 1.82) is 0 Å². The topological polar surface area (TPSA) is 205 Å². The fourth-order valence-electron chi connectivity index (χ4n) is 8.80. The summed E-state index contributed by atoms with van der Waals surface area (Å²) in [6.45, 7) is 1.34. The highest BCUT2D eigenvalue weighted by atomic mass is 16.6.